The Morgan fingerprint density at radius 1 is 1.19 bits per heavy atom. The number of hydrogen-bond donors (Lipinski definition) is 1. The minimum atomic E-state index is -0.869. The highest BCUT2D eigenvalue weighted by molar-refractivity contribution is 6.45. The molecule has 1 aromatic rings. The molecule has 0 radical (unpaired) electrons. The Balaban J connectivity index is 2.98. The van der Waals surface area contributed by atoms with Crippen LogP contribution in [0.15, 0.2) is 24.3 Å². The van der Waals surface area contributed by atoms with Crippen LogP contribution in [0.5, 0.6) is 0 Å². The number of benzene rings is 1. The number of nitrogen functional groups attached to an aromatic ring is 1. The number of hydrogen-bond acceptors (Lipinski definition) is 4. The highest BCUT2D eigenvalue weighted by Gasteiger charge is 2.29. The summed E-state index contributed by atoms with van der Waals surface area (Å²) in [5.41, 5.74) is 6.36. The molecule has 0 saturated carbocycles. The second kappa shape index (κ2) is 7.42. The van der Waals surface area contributed by atoms with E-state index in [0.29, 0.717) is 17.9 Å². The molecule has 0 aliphatic heterocycles. The fourth-order valence-corrected chi connectivity index (χ4v) is 1.86. The van der Waals surface area contributed by atoms with Gasteiger partial charge in [-0.3, -0.25) is 14.4 Å². The van der Waals surface area contributed by atoms with Crippen LogP contribution in [0.1, 0.15) is 26.7 Å². The van der Waals surface area contributed by atoms with Crippen molar-refractivity contribution >= 4 is 29.1 Å². The molecule has 0 unspecified atom stereocenters. The van der Waals surface area contributed by atoms with Crippen LogP contribution in [-0.2, 0) is 14.4 Å². The largest absolute Gasteiger partial charge is 0.399 e. The first-order chi connectivity index (χ1) is 9.88. The Bertz CT molecular complexity index is 543. The third-order valence-corrected chi connectivity index (χ3v) is 3.02. The van der Waals surface area contributed by atoms with E-state index in [1.54, 1.807) is 25.2 Å². The van der Waals surface area contributed by atoms with E-state index in [2.05, 4.69) is 0 Å². The van der Waals surface area contributed by atoms with Crippen molar-refractivity contribution in [3.05, 3.63) is 24.3 Å². The van der Waals surface area contributed by atoms with Gasteiger partial charge in [-0.25, -0.2) is 4.90 Å². The molecule has 0 aliphatic carbocycles. The molecule has 1 aromatic carbocycles. The lowest BCUT2D eigenvalue weighted by atomic mass is 10.2. The van der Waals surface area contributed by atoms with Crippen molar-refractivity contribution in [3.8, 4) is 0 Å². The summed E-state index contributed by atoms with van der Waals surface area (Å²) < 4.78 is 0. The fourth-order valence-electron chi connectivity index (χ4n) is 1.86. The minimum absolute atomic E-state index is 0.296. The molecule has 6 nitrogen and oxygen atoms in total. The van der Waals surface area contributed by atoms with E-state index in [-0.39, 0.29) is 0 Å². The van der Waals surface area contributed by atoms with Crippen molar-refractivity contribution < 1.29 is 14.4 Å². The maximum Gasteiger partial charge on any atom is 0.323 e. The first-order valence-corrected chi connectivity index (χ1v) is 6.84. The molecule has 0 aromatic heterocycles. The predicted octanol–water partition coefficient (Wildman–Crippen LogP) is 1.41. The molecule has 0 fully saturated rings. The van der Waals surface area contributed by atoms with E-state index in [0.717, 1.165) is 17.7 Å². The van der Waals surface area contributed by atoms with Crippen molar-refractivity contribution in [1.82, 2.24) is 4.90 Å². The van der Waals surface area contributed by atoms with Gasteiger partial charge in [0.25, 0.3) is 0 Å². The lowest BCUT2D eigenvalue weighted by Gasteiger charge is -2.22. The molecular weight excluding hydrogens is 270 g/mol. The van der Waals surface area contributed by atoms with Gasteiger partial charge in [-0.15, -0.1) is 0 Å². The van der Waals surface area contributed by atoms with Crippen LogP contribution in [0.3, 0.4) is 0 Å². The van der Waals surface area contributed by atoms with Crippen LogP contribution < -0.4 is 10.6 Å². The predicted molar refractivity (Wildman–Crippen MR) is 81.6 cm³/mol. The molecule has 0 spiro atoms. The summed E-state index contributed by atoms with van der Waals surface area (Å²) >= 11 is 0. The van der Waals surface area contributed by atoms with Crippen LogP contribution in [0.25, 0.3) is 0 Å². The summed E-state index contributed by atoms with van der Waals surface area (Å²) in [5, 5.41) is 0. The smallest absolute Gasteiger partial charge is 0.323 e. The van der Waals surface area contributed by atoms with E-state index >= 15 is 0 Å². The van der Waals surface area contributed by atoms with Crippen LogP contribution in [0.4, 0.5) is 11.4 Å². The molecule has 0 atom stereocenters. The number of nitrogens with two attached hydrogens (primary N) is 1. The van der Waals surface area contributed by atoms with Crippen LogP contribution in [0.2, 0.25) is 0 Å². The number of unbranched alkanes of at least 4 members (excludes halogenated alkanes) is 1. The first kappa shape index (κ1) is 16.7. The quantitative estimate of drug-likeness (QED) is 0.671. The van der Waals surface area contributed by atoms with Gasteiger partial charge in [-0.05, 0) is 24.6 Å². The molecule has 0 heterocycles. The Morgan fingerprint density at radius 2 is 1.86 bits per heavy atom. The molecule has 6 heteroatoms. The SMILES string of the molecule is CCCCN(C)C(=O)C(=O)N(C(C)=O)c1cccc(N)c1. The van der Waals surface area contributed by atoms with Crippen LogP contribution >= 0.6 is 0 Å². The molecule has 1 rings (SSSR count). The Hall–Kier alpha value is -2.37. The van der Waals surface area contributed by atoms with Crippen molar-refractivity contribution in [2.75, 3.05) is 24.2 Å². The summed E-state index contributed by atoms with van der Waals surface area (Å²) in [6, 6.07) is 6.31. The molecule has 0 bridgehead atoms. The van der Waals surface area contributed by atoms with Gasteiger partial charge in [0.2, 0.25) is 5.91 Å². The summed E-state index contributed by atoms with van der Waals surface area (Å²) in [4.78, 5) is 38.3. The Morgan fingerprint density at radius 3 is 2.38 bits per heavy atom. The zero-order chi connectivity index (χ0) is 16.0. The number of imide groups is 1. The van der Waals surface area contributed by atoms with Gasteiger partial charge < -0.3 is 10.6 Å². The average Bonchev–Trinajstić information content (AvgIpc) is 2.43. The van der Waals surface area contributed by atoms with Crippen LogP contribution in [-0.4, -0.2) is 36.2 Å². The van der Waals surface area contributed by atoms with Crippen molar-refractivity contribution in [2.24, 2.45) is 0 Å². The summed E-state index contributed by atoms with van der Waals surface area (Å²) in [5.74, 6) is -2.10. The molecule has 114 valence electrons. The molecule has 2 N–H and O–H groups in total. The Kier molecular flexibility index (Phi) is 5.90. The third-order valence-electron chi connectivity index (χ3n) is 3.02. The van der Waals surface area contributed by atoms with Crippen molar-refractivity contribution in [1.29, 1.82) is 0 Å². The summed E-state index contributed by atoms with van der Waals surface area (Å²) in [6.45, 7) is 3.71. The molecule has 0 saturated heterocycles. The van der Waals surface area contributed by atoms with E-state index in [1.165, 1.54) is 17.9 Å². The van der Waals surface area contributed by atoms with Gasteiger partial charge in [0.15, 0.2) is 0 Å². The fraction of sp³-hybridized carbons (Fsp3) is 0.400. The first-order valence-electron chi connectivity index (χ1n) is 6.84. The lowest BCUT2D eigenvalue weighted by molar-refractivity contribution is -0.144. The van der Waals surface area contributed by atoms with Gasteiger partial charge in [0.1, 0.15) is 0 Å². The topological polar surface area (TPSA) is 83.7 Å². The number of amides is 3. The van der Waals surface area contributed by atoms with Crippen molar-refractivity contribution in [2.45, 2.75) is 26.7 Å². The summed E-state index contributed by atoms with van der Waals surface area (Å²) in [6.07, 6.45) is 1.71. The second-order valence-electron chi connectivity index (χ2n) is 4.83. The van der Waals surface area contributed by atoms with E-state index < -0.39 is 17.7 Å². The number of likely N-dealkylation sites (N-methyl/N-ethyl adjacent to an activating group) is 1. The average molecular weight is 291 g/mol. The number of carbonyl (C=O) groups excluding carboxylic acids is 3. The number of carbonyl (C=O) groups is 3. The molecular formula is C15H21N3O3. The number of anilines is 2. The second-order valence-corrected chi connectivity index (χ2v) is 4.83. The molecule has 21 heavy (non-hydrogen) atoms. The van der Waals surface area contributed by atoms with Crippen LogP contribution in [0, 0.1) is 0 Å². The number of rotatable bonds is 4. The highest BCUT2D eigenvalue weighted by atomic mass is 16.2. The van der Waals surface area contributed by atoms with Gasteiger partial charge in [-0.2, -0.15) is 0 Å². The highest BCUT2D eigenvalue weighted by Crippen LogP contribution is 2.18. The normalized spacial score (nSPS) is 10.0. The Labute approximate surface area is 124 Å². The third kappa shape index (κ3) is 4.30. The molecule has 0 aliphatic rings. The van der Waals surface area contributed by atoms with Gasteiger partial charge in [-0.1, -0.05) is 19.4 Å². The van der Waals surface area contributed by atoms with E-state index in [4.69, 9.17) is 5.73 Å². The zero-order valence-corrected chi connectivity index (χ0v) is 12.6. The number of nitrogens with zero attached hydrogens (tertiary/aromatic N) is 2. The van der Waals surface area contributed by atoms with Gasteiger partial charge in [0.05, 0.1) is 5.69 Å². The summed E-state index contributed by atoms with van der Waals surface area (Å²) in [7, 11) is 1.55. The van der Waals surface area contributed by atoms with E-state index in [1.807, 2.05) is 6.92 Å². The monoisotopic (exact) mass is 291 g/mol. The van der Waals surface area contributed by atoms with E-state index in [9.17, 15) is 14.4 Å². The lowest BCUT2D eigenvalue weighted by Crippen LogP contribution is -2.46. The molecule has 3 amide bonds. The van der Waals surface area contributed by atoms with Gasteiger partial charge >= 0.3 is 11.8 Å². The zero-order valence-electron chi connectivity index (χ0n) is 12.6. The standard InChI is InChI=1S/C15H21N3O3/c1-4-5-9-17(3)14(20)15(21)18(11(2)19)13-8-6-7-12(16)10-13/h6-8,10H,4-5,9,16H2,1-3H3. The minimum Gasteiger partial charge on any atom is -0.399 e. The maximum atomic E-state index is 12.3. The van der Waals surface area contributed by atoms with Crippen molar-refractivity contribution in [3.63, 3.8) is 0 Å². The maximum absolute atomic E-state index is 12.3. The van der Waals surface area contributed by atoms with Gasteiger partial charge in [0, 0.05) is 26.2 Å².